The van der Waals surface area contributed by atoms with Crippen molar-refractivity contribution >= 4 is 34.6 Å². The summed E-state index contributed by atoms with van der Waals surface area (Å²) in [5.74, 6) is 0.101. The molecule has 2 N–H and O–H groups in total. The van der Waals surface area contributed by atoms with Crippen molar-refractivity contribution in [1.29, 1.82) is 0 Å². The Morgan fingerprint density at radius 3 is 3.17 bits per heavy atom. The molecule has 0 atom stereocenters. The molecule has 0 aliphatic carbocycles. The lowest BCUT2D eigenvalue weighted by Gasteiger charge is -2.34. The van der Waals surface area contributed by atoms with Crippen molar-refractivity contribution in [3.8, 4) is 0 Å². The third-order valence-corrected chi connectivity index (χ3v) is 4.38. The molecule has 0 radical (unpaired) electrons. The van der Waals surface area contributed by atoms with Crippen LogP contribution in [-0.4, -0.2) is 64.2 Å². The predicted molar refractivity (Wildman–Crippen MR) is 93.4 cm³/mol. The van der Waals surface area contributed by atoms with E-state index in [1.807, 2.05) is 28.9 Å². The Labute approximate surface area is 140 Å². The summed E-state index contributed by atoms with van der Waals surface area (Å²) >= 11 is 5.37. The molecule has 2 aliphatic heterocycles. The molecule has 0 saturated carbocycles. The van der Waals surface area contributed by atoms with E-state index in [1.165, 1.54) is 0 Å². The summed E-state index contributed by atoms with van der Waals surface area (Å²) in [5, 5.41) is 8.20. The summed E-state index contributed by atoms with van der Waals surface area (Å²) in [6.45, 7) is 5.28. The number of carbonyl (C=O) groups is 1. The van der Waals surface area contributed by atoms with Gasteiger partial charge in [0.1, 0.15) is 5.69 Å². The lowest BCUT2D eigenvalue weighted by atomic mass is 10.1. The van der Waals surface area contributed by atoms with Crippen molar-refractivity contribution in [2.75, 3.05) is 38.0 Å². The first-order valence-corrected chi connectivity index (χ1v) is 8.18. The monoisotopic (exact) mass is 332 g/mol. The van der Waals surface area contributed by atoms with Gasteiger partial charge in [-0.2, -0.15) is 5.10 Å². The Balaban J connectivity index is 1.65. The highest BCUT2D eigenvalue weighted by Crippen LogP contribution is 2.19. The standard InChI is InChI=1S/C15H20N6OS/c1-2-20-8-9-21(10-13(20)22)15(23)19-18-12-5-7-16-11-4-3-6-17-14(11)12/h3-4,6,16H,2,5,7-10H2,1H3,(H,19,23)/b18-12-. The molecular weight excluding hydrogens is 312 g/mol. The first kappa shape index (κ1) is 15.7. The topological polar surface area (TPSA) is 72.9 Å². The largest absolute Gasteiger partial charge is 0.383 e. The van der Waals surface area contributed by atoms with Crippen molar-refractivity contribution in [2.45, 2.75) is 13.3 Å². The van der Waals surface area contributed by atoms with Crippen LogP contribution in [0.5, 0.6) is 0 Å². The van der Waals surface area contributed by atoms with Crippen LogP contribution in [0.4, 0.5) is 5.69 Å². The SMILES string of the molecule is CCN1CCN(C(=S)N/N=C2/CCNc3cccnc32)CC1=O. The fraction of sp³-hybridized carbons (Fsp3) is 0.467. The smallest absolute Gasteiger partial charge is 0.242 e. The van der Waals surface area contributed by atoms with Gasteiger partial charge in [-0.25, -0.2) is 0 Å². The second-order valence-corrected chi connectivity index (χ2v) is 5.83. The molecule has 3 heterocycles. The molecule has 0 aromatic carbocycles. The Morgan fingerprint density at radius 2 is 2.39 bits per heavy atom. The molecule has 23 heavy (non-hydrogen) atoms. The van der Waals surface area contributed by atoms with Crippen LogP contribution in [-0.2, 0) is 4.79 Å². The molecular formula is C15H20N6OS. The normalized spacial score (nSPS) is 19.3. The van der Waals surface area contributed by atoms with Gasteiger partial charge in [0, 0.05) is 38.8 Å². The number of amides is 1. The number of thiocarbonyl (C=S) groups is 1. The van der Waals surface area contributed by atoms with Crippen molar-refractivity contribution in [3.05, 3.63) is 24.0 Å². The van der Waals surface area contributed by atoms with Gasteiger partial charge in [-0.1, -0.05) is 0 Å². The number of likely N-dealkylation sites (N-methyl/N-ethyl adjacent to an activating group) is 1. The van der Waals surface area contributed by atoms with Crippen LogP contribution in [0, 0.1) is 0 Å². The Hall–Kier alpha value is -2.22. The predicted octanol–water partition coefficient (Wildman–Crippen LogP) is 0.640. The van der Waals surface area contributed by atoms with Gasteiger partial charge in [0.15, 0.2) is 5.11 Å². The molecule has 2 aliphatic rings. The van der Waals surface area contributed by atoms with E-state index >= 15 is 0 Å². The van der Waals surface area contributed by atoms with Crippen molar-refractivity contribution < 1.29 is 4.79 Å². The summed E-state index contributed by atoms with van der Waals surface area (Å²) in [6, 6.07) is 3.88. The number of hydrazone groups is 1. The molecule has 1 aromatic rings. The summed E-state index contributed by atoms with van der Waals surface area (Å²) in [4.78, 5) is 20.0. The zero-order valence-corrected chi connectivity index (χ0v) is 13.9. The van der Waals surface area contributed by atoms with E-state index in [0.29, 0.717) is 18.2 Å². The molecule has 7 nitrogen and oxygen atoms in total. The molecule has 0 bridgehead atoms. The molecule has 1 saturated heterocycles. The van der Waals surface area contributed by atoms with Crippen molar-refractivity contribution in [1.82, 2.24) is 20.2 Å². The number of nitrogens with one attached hydrogen (secondary N) is 2. The minimum Gasteiger partial charge on any atom is -0.383 e. The first-order valence-electron chi connectivity index (χ1n) is 7.77. The fourth-order valence-corrected chi connectivity index (χ4v) is 2.92. The summed E-state index contributed by atoms with van der Waals surface area (Å²) < 4.78 is 0. The molecule has 122 valence electrons. The van der Waals surface area contributed by atoms with E-state index in [0.717, 1.165) is 43.1 Å². The summed E-state index contributed by atoms with van der Waals surface area (Å²) in [7, 11) is 0. The molecule has 1 amide bonds. The molecule has 3 rings (SSSR count). The molecule has 8 heteroatoms. The van der Waals surface area contributed by atoms with E-state index in [9.17, 15) is 4.79 Å². The average Bonchev–Trinajstić information content (AvgIpc) is 2.59. The molecule has 0 spiro atoms. The summed E-state index contributed by atoms with van der Waals surface area (Å²) in [6.07, 6.45) is 2.53. The number of carbonyl (C=O) groups excluding carboxylic acids is 1. The van der Waals surface area contributed by atoms with Gasteiger partial charge in [-0.15, -0.1) is 0 Å². The minimum atomic E-state index is 0.101. The average molecular weight is 332 g/mol. The van der Waals surface area contributed by atoms with E-state index in [2.05, 4.69) is 20.8 Å². The second-order valence-electron chi connectivity index (χ2n) is 5.45. The Kier molecular flexibility index (Phi) is 4.71. The highest BCUT2D eigenvalue weighted by atomic mass is 32.1. The summed E-state index contributed by atoms with van der Waals surface area (Å²) in [5.41, 5.74) is 5.63. The van der Waals surface area contributed by atoms with E-state index in [4.69, 9.17) is 12.2 Å². The van der Waals surface area contributed by atoms with Gasteiger partial charge in [0.25, 0.3) is 0 Å². The Morgan fingerprint density at radius 1 is 1.52 bits per heavy atom. The number of aromatic nitrogens is 1. The quantitative estimate of drug-likeness (QED) is 0.612. The number of anilines is 1. The lowest BCUT2D eigenvalue weighted by molar-refractivity contribution is -0.134. The zero-order chi connectivity index (χ0) is 16.2. The maximum Gasteiger partial charge on any atom is 0.242 e. The fourth-order valence-electron chi connectivity index (χ4n) is 2.72. The lowest BCUT2D eigenvalue weighted by Crippen LogP contribution is -2.53. The third-order valence-electron chi connectivity index (χ3n) is 4.03. The van der Waals surface area contributed by atoms with E-state index in [-0.39, 0.29) is 5.91 Å². The van der Waals surface area contributed by atoms with Gasteiger partial charge in [0.05, 0.1) is 17.9 Å². The van der Waals surface area contributed by atoms with Gasteiger partial charge < -0.3 is 15.1 Å². The number of rotatable bonds is 2. The molecule has 1 fully saturated rings. The van der Waals surface area contributed by atoms with Gasteiger partial charge in [-0.3, -0.25) is 15.2 Å². The second kappa shape index (κ2) is 6.91. The van der Waals surface area contributed by atoms with Gasteiger partial charge >= 0.3 is 0 Å². The first-order chi connectivity index (χ1) is 11.2. The van der Waals surface area contributed by atoms with Crippen LogP contribution in [0.25, 0.3) is 0 Å². The van der Waals surface area contributed by atoms with Crippen LogP contribution in [0.2, 0.25) is 0 Å². The van der Waals surface area contributed by atoms with Crippen LogP contribution >= 0.6 is 12.2 Å². The highest BCUT2D eigenvalue weighted by molar-refractivity contribution is 7.80. The van der Waals surface area contributed by atoms with Gasteiger partial charge in [0.2, 0.25) is 5.91 Å². The highest BCUT2D eigenvalue weighted by Gasteiger charge is 2.24. The zero-order valence-electron chi connectivity index (χ0n) is 13.1. The number of hydrogen-bond donors (Lipinski definition) is 2. The van der Waals surface area contributed by atoms with E-state index in [1.54, 1.807) is 6.20 Å². The van der Waals surface area contributed by atoms with Crippen LogP contribution in [0.3, 0.4) is 0 Å². The minimum absolute atomic E-state index is 0.101. The number of pyridine rings is 1. The number of fused-ring (bicyclic) bond motifs is 1. The number of hydrogen-bond acceptors (Lipinski definition) is 5. The Bertz CT molecular complexity index is 647. The van der Waals surface area contributed by atoms with Crippen LogP contribution < -0.4 is 10.7 Å². The number of nitrogens with zero attached hydrogens (tertiary/aromatic N) is 4. The molecule has 0 unspecified atom stereocenters. The van der Waals surface area contributed by atoms with Crippen LogP contribution in [0.15, 0.2) is 23.4 Å². The maximum absolute atomic E-state index is 12.0. The number of piperazine rings is 1. The third kappa shape index (κ3) is 3.42. The van der Waals surface area contributed by atoms with Gasteiger partial charge in [-0.05, 0) is 31.3 Å². The molecule has 1 aromatic heterocycles. The van der Waals surface area contributed by atoms with Crippen molar-refractivity contribution in [3.63, 3.8) is 0 Å². The van der Waals surface area contributed by atoms with Crippen LogP contribution in [0.1, 0.15) is 19.0 Å². The van der Waals surface area contributed by atoms with E-state index < -0.39 is 0 Å². The maximum atomic E-state index is 12.0. The van der Waals surface area contributed by atoms with Crippen molar-refractivity contribution in [2.24, 2.45) is 5.10 Å².